The molecule has 2 nitrogen and oxygen atoms in total. The zero-order valence-electron chi connectivity index (χ0n) is 7.26. The number of halogens is 3. The van der Waals surface area contributed by atoms with Crippen molar-refractivity contribution in [2.24, 2.45) is 0 Å². The summed E-state index contributed by atoms with van der Waals surface area (Å²) in [5.74, 6) is -0.205. The van der Waals surface area contributed by atoms with Crippen LogP contribution in [0.25, 0.3) is 0 Å². The van der Waals surface area contributed by atoms with Crippen LogP contribution in [0.1, 0.15) is 10.4 Å². The SMILES string of the molecule is COc1ccccc1C(=O)C(Cl)(Cl)Cl. The Kier molecular flexibility index (Phi) is 3.65. The van der Waals surface area contributed by atoms with Gasteiger partial charge in [-0.3, -0.25) is 4.79 Å². The summed E-state index contributed by atoms with van der Waals surface area (Å²) in [5.41, 5.74) is 0.259. The normalized spacial score (nSPS) is 11.1. The van der Waals surface area contributed by atoms with Crippen LogP contribution in [-0.4, -0.2) is 16.7 Å². The van der Waals surface area contributed by atoms with Crippen LogP contribution in [0.2, 0.25) is 0 Å². The van der Waals surface area contributed by atoms with E-state index in [-0.39, 0.29) is 5.56 Å². The molecule has 0 unspecified atom stereocenters. The molecule has 5 heteroatoms. The fourth-order valence-corrected chi connectivity index (χ4v) is 1.29. The number of rotatable bonds is 2. The van der Waals surface area contributed by atoms with E-state index in [2.05, 4.69) is 0 Å². The number of ketones is 1. The van der Waals surface area contributed by atoms with Crippen molar-refractivity contribution in [3.05, 3.63) is 29.8 Å². The molecular formula is C9H7Cl3O2. The highest BCUT2D eigenvalue weighted by atomic mass is 35.6. The number of hydrogen-bond donors (Lipinski definition) is 0. The Labute approximate surface area is 96.7 Å². The molecule has 1 aromatic carbocycles. The van der Waals surface area contributed by atoms with Gasteiger partial charge in [-0.25, -0.2) is 0 Å². The maximum absolute atomic E-state index is 11.6. The van der Waals surface area contributed by atoms with Crippen molar-refractivity contribution in [3.63, 3.8) is 0 Å². The molecule has 0 aromatic heterocycles. The Hall–Kier alpha value is -0.440. The quantitative estimate of drug-likeness (QED) is 0.597. The van der Waals surface area contributed by atoms with E-state index >= 15 is 0 Å². The smallest absolute Gasteiger partial charge is 0.253 e. The summed E-state index contributed by atoms with van der Waals surface area (Å²) >= 11 is 16.4. The summed E-state index contributed by atoms with van der Waals surface area (Å²) in [6.07, 6.45) is 0. The van der Waals surface area contributed by atoms with Crippen LogP contribution in [0.4, 0.5) is 0 Å². The van der Waals surface area contributed by atoms with Crippen LogP contribution in [0, 0.1) is 0 Å². The average molecular weight is 254 g/mol. The number of methoxy groups -OCH3 is 1. The molecule has 1 rings (SSSR count). The Morgan fingerprint density at radius 3 is 2.36 bits per heavy atom. The number of carbonyl (C=O) groups excluding carboxylic acids is 1. The summed E-state index contributed by atoms with van der Waals surface area (Å²) in [4.78, 5) is 11.6. The molecule has 0 amide bonds. The zero-order valence-corrected chi connectivity index (χ0v) is 9.53. The number of hydrogen-bond acceptors (Lipinski definition) is 2. The minimum atomic E-state index is -1.95. The summed E-state index contributed by atoms with van der Waals surface area (Å²) in [7, 11) is 1.45. The van der Waals surface area contributed by atoms with Crippen LogP contribution >= 0.6 is 34.8 Å². The maximum atomic E-state index is 11.6. The number of benzene rings is 1. The first-order valence-electron chi connectivity index (χ1n) is 3.71. The lowest BCUT2D eigenvalue weighted by Gasteiger charge is -2.12. The number of alkyl halides is 3. The monoisotopic (exact) mass is 252 g/mol. The van der Waals surface area contributed by atoms with E-state index in [4.69, 9.17) is 39.5 Å². The van der Waals surface area contributed by atoms with E-state index in [1.807, 2.05) is 0 Å². The second kappa shape index (κ2) is 4.39. The number of carbonyl (C=O) groups is 1. The van der Waals surface area contributed by atoms with Gasteiger partial charge in [-0.2, -0.15) is 0 Å². The van der Waals surface area contributed by atoms with Gasteiger partial charge in [0.15, 0.2) is 0 Å². The highest BCUT2D eigenvalue weighted by Crippen LogP contribution is 2.33. The van der Waals surface area contributed by atoms with E-state index in [1.54, 1.807) is 24.3 Å². The van der Waals surface area contributed by atoms with Crippen LogP contribution in [-0.2, 0) is 0 Å². The molecule has 0 bridgehead atoms. The minimum absolute atomic E-state index is 0.259. The van der Waals surface area contributed by atoms with Gasteiger partial charge < -0.3 is 4.74 Å². The molecular weight excluding hydrogens is 246 g/mol. The fourth-order valence-electron chi connectivity index (χ4n) is 0.985. The molecule has 1 aromatic rings. The van der Waals surface area contributed by atoms with Crippen molar-refractivity contribution >= 4 is 40.6 Å². The molecule has 0 heterocycles. The molecule has 0 fully saturated rings. The second-order valence-corrected chi connectivity index (χ2v) is 4.81. The summed E-state index contributed by atoms with van der Waals surface area (Å²) in [5, 5.41) is 0. The Bertz CT molecular complexity index is 344. The van der Waals surface area contributed by atoms with E-state index < -0.39 is 9.58 Å². The molecule has 14 heavy (non-hydrogen) atoms. The summed E-state index contributed by atoms with van der Waals surface area (Å²) in [6, 6.07) is 6.58. The van der Waals surface area contributed by atoms with Crippen molar-refractivity contribution in [3.8, 4) is 5.75 Å². The number of Topliss-reactive ketones (excluding diaryl/α,β-unsaturated/α-hetero) is 1. The highest BCUT2D eigenvalue weighted by Gasteiger charge is 2.33. The zero-order chi connectivity index (χ0) is 10.8. The van der Waals surface area contributed by atoms with Gasteiger partial charge in [-0.05, 0) is 12.1 Å². The third-order valence-electron chi connectivity index (χ3n) is 1.61. The van der Waals surface area contributed by atoms with Crippen molar-refractivity contribution in [1.82, 2.24) is 0 Å². The molecule has 0 spiro atoms. The molecule has 0 aliphatic heterocycles. The Morgan fingerprint density at radius 2 is 1.86 bits per heavy atom. The van der Waals surface area contributed by atoms with Gasteiger partial charge in [0.1, 0.15) is 5.75 Å². The van der Waals surface area contributed by atoms with Crippen molar-refractivity contribution < 1.29 is 9.53 Å². The van der Waals surface area contributed by atoms with Gasteiger partial charge >= 0.3 is 0 Å². The first-order chi connectivity index (χ1) is 6.46. The lowest BCUT2D eigenvalue weighted by molar-refractivity contribution is 0.0993. The van der Waals surface area contributed by atoms with E-state index in [0.29, 0.717) is 5.75 Å². The largest absolute Gasteiger partial charge is 0.496 e. The second-order valence-electron chi connectivity index (χ2n) is 2.53. The van der Waals surface area contributed by atoms with Gasteiger partial charge in [0, 0.05) is 0 Å². The third-order valence-corrected chi connectivity index (χ3v) is 2.12. The molecule has 0 aliphatic carbocycles. The molecule has 76 valence electrons. The first-order valence-corrected chi connectivity index (χ1v) is 4.84. The maximum Gasteiger partial charge on any atom is 0.253 e. The first kappa shape index (κ1) is 11.6. The molecule has 0 atom stereocenters. The number of ether oxygens (including phenoxy) is 1. The van der Waals surface area contributed by atoms with E-state index in [0.717, 1.165) is 0 Å². The van der Waals surface area contributed by atoms with Gasteiger partial charge in [-0.1, -0.05) is 46.9 Å². The van der Waals surface area contributed by atoms with E-state index in [9.17, 15) is 4.79 Å². The third kappa shape index (κ3) is 2.53. The Morgan fingerprint density at radius 1 is 1.29 bits per heavy atom. The standard InChI is InChI=1S/C9H7Cl3O2/c1-14-7-5-3-2-4-6(7)8(13)9(10,11)12/h2-5H,1H3. The van der Waals surface area contributed by atoms with Crippen LogP contribution in [0.15, 0.2) is 24.3 Å². The predicted octanol–water partition coefficient (Wildman–Crippen LogP) is 3.25. The van der Waals surface area contributed by atoms with Gasteiger partial charge in [0.2, 0.25) is 5.78 Å². The lowest BCUT2D eigenvalue weighted by Crippen LogP contribution is -2.19. The van der Waals surface area contributed by atoms with E-state index in [1.165, 1.54) is 7.11 Å². The topological polar surface area (TPSA) is 26.3 Å². The average Bonchev–Trinajstić information content (AvgIpc) is 2.15. The minimum Gasteiger partial charge on any atom is -0.496 e. The molecule has 0 saturated heterocycles. The van der Waals surface area contributed by atoms with Gasteiger partial charge in [0.25, 0.3) is 3.79 Å². The predicted molar refractivity (Wildman–Crippen MR) is 57.6 cm³/mol. The fraction of sp³-hybridized carbons (Fsp3) is 0.222. The van der Waals surface area contributed by atoms with Crippen molar-refractivity contribution in [1.29, 1.82) is 0 Å². The molecule has 0 N–H and O–H groups in total. The highest BCUT2D eigenvalue weighted by molar-refractivity contribution is 6.77. The molecule has 0 radical (unpaired) electrons. The van der Waals surface area contributed by atoms with Gasteiger partial charge in [0.05, 0.1) is 12.7 Å². The van der Waals surface area contributed by atoms with Crippen molar-refractivity contribution in [2.45, 2.75) is 3.79 Å². The molecule has 0 saturated carbocycles. The summed E-state index contributed by atoms with van der Waals surface area (Å²) in [6.45, 7) is 0. The lowest BCUT2D eigenvalue weighted by atomic mass is 10.1. The van der Waals surface area contributed by atoms with Crippen LogP contribution in [0.3, 0.4) is 0 Å². The van der Waals surface area contributed by atoms with Gasteiger partial charge in [-0.15, -0.1) is 0 Å². The Balaban J connectivity index is 3.13. The van der Waals surface area contributed by atoms with Crippen LogP contribution in [0.5, 0.6) is 5.75 Å². The van der Waals surface area contributed by atoms with Crippen LogP contribution < -0.4 is 4.74 Å². The van der Waals surface area contributed by atoms with Crippen molar-refractivity contribution in [2.75, 3.05) is 7.11 Å². The number of para-hydroxylation sites is 1. The summed E-state index contributed by atoms with van der Waals surface area (Å²) < 4.78 is 3.02. The molecule has 0 aliphatic rings.